The molecule has 0 unspecified atom stereocenters. The van der Waals surface area contributed by atoms with Crippen LogP contribution in [0.4, 0.5) is 0 Å². The number of hydrogen-bond acceptors (Lipinski definition) is 6. The molecule has 2 rings (SSSR count). The number of methoxy groups -OCH3 is 2. The average molecular weight is 371 g/mol. The Morgan fingerprint density at radius 2 is 1.52 bits per heavy atom. The zero-order chi connectivity index (χ0) is 20.0. The average Bonchev–Trinajstić information content (AvgIpc) is 2.93. The van der Waals surface area contributed by atoms with Gasteiger partial charge in [-0.05, 0) is 25.0 Å². The topological polar surface area (TPSA) is 90.0 Å². The molecule has 0 N–H and O–H groups in total. The van der Waals surface area contributed by atoms with Crippen molar-refractivity contribution in [2.45, 2.75) is 12.8 Å². The van der Waals surface area contributed by atoms with E-state index >= 15 is 0 Å². The molecule has 1 heterocycles. The Morgan fingerprint density at radius 1 is 1.00 bits per heavy atom. The highest BCUT2D eigenvalue weighted by molar-refractivity contribution is 6.21. The molecule has 0 fully saturated rings. The maximum Gasteiger partial charge on any atom is 0.323 e. The number of nitrogens with zero attached hydrogens (tertiary/aromatic N) is 1. The number of benzene rings is 1. The summed E-state index contributed by atoms with van der Waals surface area (Å²) in [6.45, 7) is 3.60. The largest absolute Gasteiger partial charge is 0.468 e. The first kappa shape index (κ1) is 20.1. The molecule has 0 saturated heterocycles. The predicted octanol–water partition coefficient (Wildman–Crippen LogP) is 2.14. The Balaban J connectivity index is 2.14. The van der Waals surface area contributed by atoms with E-state index in [-0.39, 0.29) is 31.2 Å². The van der Waals surface area contributed by atoms with E-state index in [1.54, 1.807) is 36.4 Å². The van der Waals surface area contributed by atoms with Crippen molar-refractivity contribution in [3.63, 3.8) is 0 Å². The van der Waals surface area contributed by atoms with Crippen molar-refractivity contribution in [1.82, 2.24) is 4.90 Å². The molecule has 0 aliphatic carbocycles. The number of imide groups is 1. The van der Waals surface area contributed by atoms with Crippen LogP contribution in [-0.4, -0.2) is 49.4 Å². The predicted molar refractivity (Wildman–Crippen MR) is 96.8 cm³/mol. The Morgan fingerprint density at radius 3 is 1.96 bits per heavy atom. The second kappa shape index (κ2) is 8.44. The quantitative estimate of drug-likeness (QED) is 0.301. The van der Waals surface area contributed by atoms with Crippen LogP contribution in [0.5, 0.6) is 0 Å². The van der Waals surface area contributed by atoms with Crippen molar-refractivity contribution >= 4 is 23.8 Å². The first-order valence-corrected chi connectivity index (χ1v) is 8.31. The van der Waals surface area contributed by atoms with Crippen LogP contribution in [0.3, 0.4) is 0 Å². The van der Waals surface area contributed by atoms with Gasteiger partial charge in [0.1, 0.15) is 0 Å². The fraction of sp³-hybridized carbons (Fsp3) is 0.300. The zero-order valence-corrected chi connectivity index (χ0v) is 15.3. The smallest absolute Gasteiger partial charge is 0.323 e. The van der Waals surface area contributed by atoms with Crippen LogP contribution in [-0.2, 0) is 19.1 Å². The van der Waals surface area contributed by atoms with Crippen LogP contribution >= 0.6 is 0 Å². The fourth-order valence-corrected chi connectivity index (χ4v) is 3.01. The number of esters is 2. The van der Waals surface area contributed by atoms with Gasteiger partial charge in [0.25, 0.3) is 11.8 Å². The molecule has 7 heteroatoms. The monoisotopic (exact) mass is 371 g/mol. The van der Waals surface area contributed by atoms with E-state index in [9.17, 15) is 19.2 Å². The van der Waals surface area contributed by atoms with E-state index in [1.807, 2.05) is 0 Å². The molecule has 0 radical (unpaired) electrons. The van der Waals surface area contributed by atoms with Gasteiger partial charge in [-0.2, -0.15) is 0 Å². The van der Waals surface area contributed by atoms with Crippen LogP contribution in [0.25, 0.3) is 0 Å². The minimum Gasteiger partial charge on any atom is -0.468 e. The van der Waals surface area contributed by atoms with Crippen molar-refractivity contribution in [2.75, 3.05) is 20.8 Å². The summed E-state index contributed by atoms with van der Waals surface area (Å²) in [5.74, 6) is -2.23. The van der Waals surface area contributed by atoms with Crippen molar-refractivity contribution in [2.24, 2.45) is 5.41 Å². The van der Waals surface area contributed by atoms with E-state index in [0.29, 0.717) is 11.1 Å². The molecule has 27 heavy (non-hydrogen) atoms. The third kappa shape index (κ3) is 3.67. The lowest BCUT2D eigenvalue weighted by Crippen LogP contribution is -2.40. The van der Waals surface area contributed by atoms with E-state index in [4.69, 9.17) is 9.47 Å². The van der Waals surface area contributed by atoms with Gasteiger partial charge in [-0.15, -0.1) is 6.58 Å². The molecule has 1 aromatic rings. The summed E-state index contributed by atoms with van der Waals surface area (Å²) in [6, 6.07) is 6.59. The molecule has 0 spiro atoms. The molecule has 2 amide bonds. The van der Waals surface area contributed by atoms with Crippen LogP contribution < -0.4 is 0 Å². The van der Waals surface area contributed by atoms with Gasteiger partial charge in [0.2, 0.25) is 0 Å². The SMILES string of the molecule is C=CCC(C/C=C/CN1C(=O)c2ccccc2C1=O)(C(=O)OC)C(=O)OC. The number of allylic oxidation sites excluding steroid dienone is 2. The Kier molecular flexibility index (Phi) is 6.28. The number of hydrogen-bond donors (Lipinski definition) is 0. The molecule has 142 valence electrons. The highest BCUT2D eigenvalue weighted by atomic mass is 16.5. The molecule has 1 aliphatic heterocycles. The molecule has 1 aromatic carbocycles. The van der Waals surface area contributed by atoms with Gasteiger partial charge in [0, 0.05) is 6.54 Å². The molecular formula is C20H21NO6. The summed E-state index contributed by atoms with van der Waals surface area (Å²) >= 11 is 0. The standard InChI is InChI=1S/C20H21NO6/c1-4-11-20(18(24)26-2,19(25)27-3)12-7-8-13-21-16(22)14-9-5-6-10-15(14)17(21)23/h4-10H,1,11-13H2,2-3H3/b8-7+. The summed E-state index contributed by atoms with van der Waals surface area (Å²) in [5, 5.41) is 0. The van der Waals surface area contributed by atoms with Crippen molar-refractivity contribution in [1.29, 1.82) is 0 Å². The number of fused-ring (bicyclic) bond motifs is 1. The summed E-state index contributed by atoms with van der Waals surface area (Å²) in [5.41, 5.74) is -0.828. The van der Waals surface area contributed by atoms with E-state index in [2.05, 4.69) is 6.58 Å². The molecule has 7 nitrogen and oxygen atoms in total. The van der Waals surface area contributed by atoms with Gasteiger partial charge in [0.15, 0.2) is 5.41 Å². The van der Waals surface area contributed by atoms with Crippen LogP contribution in [0.15, 0.2) is 49.1 Å². The normalized spacial score (nSPS) is 13.6. The highest BCUT2D eigenvalue weighted by Crippen LogP contribution is 2.31. The first-order valence-electron chi connectivity index (χ1n) is 8.31. The van der Waals surface area contributed by atoms with Crippen LogP contribution in [0.1, 0.15) is 33.6 Å². The maximum atomic E-state index is 12.3. The number of rotatable bonds is 8. The van der Waals surface area contributed by atoms with Crippen molar-refractivity contribution in [3.8, 4) is 0 Å². The summed E-state index contributed by atoms with van der Waals surface area (Å²) in [6.07, 6.45) is 4.57. The third-order valence-electron chi connectivity index (χ3n) is 4.44. The fourth-order valence-electron chi connectivity index (χ4n) is 3.01. The number of carbonyl (C=O) groups excluding carboxylic acids is 4. The van der Waals surface area contributed by atoms with Gasteiger partial charge < -0.3 is 9.47 Å². The van der Waals surface area contributed by atoms with Gasteiger partial charge >= 0.3 is 11.9 Å². The maximum absolute atomic E-state index is 12.3. The van der Waals surface area contributed by atoms with Crippen LogP contribution in [0, 0.1) is 5.41 Å². The van der Waals surface area contributed by atoms with Gasteiger partial charge in [0.05, 0.1) is 25.3 Å². The van der Waals surface area contributed by atoms with Crippen LogP contribution in [0.2, 0.25) is 0 Å². The number of ether oxygens (including phenoxy) is 2. The van der Waals surface area contributed by atoms with Gasteiger partial charge in [-0.1, -0.05) is 30.4 Å². The number of amides is 2. The summed E-state index contributed by atoms with van der Waals surface area (Å²) < 4.78 is 9.52. The highest BCUT2D eigenvalue weighted by Gasteiger charge is 2.46. The minimum atomic E-state index is -1.55. The first-order chi connectivity index (χ1) is 12.9. The molecular weight excluding hydrogens is 350 g/mol. The Bertz CT molecular complexity index is 759. The molecule has 1 aliphatic rings. The van der Waals surface area contributed by atoms with E-state index in [0.717, 1.165) is 4.90 Å². The molecule has 0 saturated carbocycles. The Hall–Kier alpha value is -3.22. The lowest BCUT2D eigenvalue weighted by atomic mass is 9.81. The minimum absolute atomic E-state index is 0.0124. The number of carbonyl (C=O) groups is 4. The lowest BCUT2D eigenvalue weighted by molar-refractivity contribution is -0.168. The van der Waals surface area contributed by atoms with Crippen molar-refractivity contribution in [3.05, 3.63) is 60.2 Å². The van der Waals surface area contributed by atoms with Gasteiger partial charge in [-0.3, -0.25) is 24.1 Å². The molecule has 0 aromatic heterocycles. The second-order valence-electron chi connectivity index (χ2n) is 6.00. The third-order valence-corrected chi connectivity index (χ3v) is 4.44. The van der Waals surface area contributed by atoms with Crippen molar-refractivity contribution < 1.29 is 28.7 Å². The van der Waals surface area contributed by atoms with E-state index < -0.39 is 17.4 Å². The lowest BCUT2D eigenvalue weighted by Gasteiger charge is -2.25. The molecule has 0 atom stereocenters. The zero-order valence-electron chi connectivity index (χ0n) is 15.3. The van der Waals surface area contributed by atoms with Gasteiger partial charge in [-0.25, -0.2) is 0 Å². The summed E-state index contributed by atoms with van der Waals surface area (Å²) in [7, 11) is 2.37. The Labute approximate surface area is 157 Å². The van der Waals surface area contributed by atoms with E-state index in [1.165, 1.54) is 20.3 Å². The molecule has 0 bridgehead atoms. The summed E-state index contributed by atoms with van der Waals surface area (Å²) in [4.78, 5) is 50.2. The second-order valence-corrected chi connectivity index (χ2v) is 6.00.